The summed E-state index contributed by atoms with van der Waals surface area (Å²) in [6, 6.07) is -0.875. The second-order valence-electron chi connectivity index (χ2n) is 22.4. The number of amides is 1. The predicted molar refractivity (Wildman–Crippen MR) is 327 cm³/mol. The van der Waals surface area contributed by atoms with Gasteiger partial charge in [0.2, 0.25) is 5.91 Å². The topological polar surface area (TPSA) is 105 Å². The third-order valence-electron chi connectivity index (χ3n) is 13.8. The molecule has 0 aliphatic carbocycles. The van der Waals surface area contributed by atoms with E-state index in [1.165, 1.54) is 186 Å². The average molecular weight is 1070 g/mol. The van der Waals surface area contributed by atoms with Gasteiger partial charge in [0.25, 0.3) is 0 Å². The highest BCUT2D eigenvalue weighted by Crippen LogP contribution is 2.43. The largest absolute Gasteiger partial charge is 0.472 e. The minimum absolute atomic E-state index is 0.0513. The van der Waals surface area contributed by atoms with Crippen LogP contribution in [-0.2, 0) is 18.4 Å². The summed E-state index contributed by atoms with van der Waals surface area (Å²) < 4.78 is 23.7. The van der Waals surface area contributed by atoms with Crippen molar-refractivity contribution in [3.05, 3.63) is 85.1 Å². The van der Waals surface area contributed by atoms with E-state index in [1.807, 2.05) is 27.2 Å². The quantitative estimate of drug-likeness (QED) is 0.0243. The Kier molecular flexibility index (Phi) is 54.7. The van der Waals surface area contributed by atoms with Crippen LogP contribution in [-0.4, -0.2) is 73.4 Å². The van der Waals surface area contributed by atoms with Crippen LogP contribution in [0.2, 0.25) is 0 Å². The molecule has 0 aromatic heterocycles. The van der Waals surface area contributed by atoms with Crippen molar-refractivity contribution in [1.82, 2.24) is 5.32 Å². The van der Waals surface area contributed by atoms with E-state index in [2.05, 4.69) is 92.1 Å². The molecule has 0 heterocycles. The number of carbonyl (C=O) groups excluding carboxylic acids is 1. The van der Waals surface area contributed by atoms with E-state index in [-0.39, 0.29) is 19.1 Å². The van der Waals surface area contributed by atoms with E-state index in [4.69, 9.17) is 9.05 Å². The number of nitrogens with one attached hydrogen (secondary N) is 1. The number of allylic oxidation sites excluding steroid dienone is 13. The maximum absolute atomic E-state index is 13.0. The van der Waals surface area contributed by atoms with Crippen LogP contribution < -0.4 is 5.32 Å². The zero-order valence-electron chi connectivity index (χ0n) is 49.8. The number of nitrogens with zero attached hydrogens (tertiary/aromatic N) is 1. The molecule has 3 unspecified atom stereocenters. The van der Waals surface area contributed by atoms with E-state index < -0.39 is 20.0 Å². The first-order valence-electron chi connectivity index (χ1n) is 31.5. The fourth-order valence-electron chi connectivity index (χ4n) is 8.95. The summed E-state index contributed by atoms with van der Waals surface area (Å²) in [7, 11) is 1.55. The molecule has 0 radical (unpaired) electrons. The molecule has 75 heavy (non-hydrogen) atoms. The smallest absolute Gasteiger partial charge is 0.387 e. The van der Waals surface area contributed by atoms with Gasteiger partial charge in [0, 0.05) is 6.42 Å². The molecule has 0 saturated heterocycles. The molecule has 0 rings (SSSR count). The van der Waals surface area contributed by atoms with Crippen molar-refractivity contribution in [2.45, 2.75) is 289 Å². The van der Waals surface area contributed by atoms with Crippen molar-refractivity contribution in [2.24, 2.45) is 0 Å². The predicted octanol–water partition coefficient (Wildman–Crippen LogP) is 19.6. The van der Waals surface area contributed by atoms with Crippen LogP contribution in [0.15, 0.2) is 85.1 Å². The fraction of sp³-hybridized carbons (Fsp3) is 0.773. The second-order valence-corrected chi connectivity index (χ2v) is 23.8. The molecule has 0 fully saturated rings. The van der Waals surface area contributed by atoms with Gasteiger partial charge in [-0.2, -0.15) is 0 Å². The lowest BCUT2D eigenvalue weighted by molar-refractivity contribution is -0.870. The molecular formula is C66H122N2O6P+. The van der Waals surface area contributed by atoms with Crippen LogP contribution in [0.5, 0.6) is 0 Å². The van der Waals surface area contributed by atoms with Gasteiger partial charge in [-0.1, -0.05) is 272 Å². The van der Waals surface area contributed by atoms with Crippen molar-refractivity contribution in [3.63, 3.8) is 0 Å². The first-order chi connectivity index (χ1) is 36.5. The van der Waals surface area contributed by atoms with Gasteiger partial charge in [0.1, 0.15) is 13.2 Å². The SMILES string of the molecule is CC/C=C\C/C=C\C/C=C\C/C=C\CCCCCCCCCCCCCCCCCCC(=O)NC(COP(=O)(O)OCC[N+](C)(C)C)C(O)/C=C/CC/C=C/CC/C=C/CCCCCCCCCCCCCCCC. The number of hydrogen-bond acceptors (Lipinski definition) is 5. The van der Waals surface area contributed by atoms with Crippen LogP contribution >= 0.6 is 7.82 Å². The number of aliphatic hydroxyl groups excluding tert-OH is 1. The highest BCUT2D eigenvalue weighted by Gasteiger charge is 2.27. The number of hydrogen-bond donors (Lipinski definition) is 3. The Morgan fingerprint density at radius 2 is 0.813 bits per heavy atom. The zero-order chi connectivity index (χ0) is 54.9. The molecule has 3 atom stereocenters. The molecular weight excluding hydrogens is 948 g/mol. The molecule has 0 spiro atoms. The molecule has 0 saturated carbocycles. The molecule has 9 heteroatoms. The maximum Gasteiger partial charge on any atom is 0.472 e. The molecule has 0 aliphatic heterocycles. The van der Waals surface area contributed by atoms with Gasteiger partial charge in [-0.25, -0.2) is 4.57 Å². The molecule has 0 aromatic rings. The number of quaternary nitrogens is 1. The Bertz CT molecular complexity index is 1500. The Morgan fingerprint density at radius 3 is 1.23 bits per heavy atom. The molecule has 3 N–H and O–H groups in total. The maximum atomic E-state index is 13.0. The molecule has 0 bridgehead atoms. The minimum Gasteiger partial charge on any atom is -0.387 e. The monoisotopic (exact) mass is 1070 g/mol. The van der Waals surface area contributed by atoms with E-state index in [9.17, 15) is 19.4 Å². The normalized spacial score (nSPS) is 14.4. The lowest BCUT2D eigenvalue weighted by Crippen LogP contribution is -2.45. The summed E-state index contributed by atoms with van der Waals surface area (Å²) in [4.78, 5) is 23.4. The molecule has 0 aromatic carbocycles. The van der Waals surface area contributed by atoms with Crippen molar-refractivity contribution in [2.75, 3.05) is 40.9 Å². The molecule has 436 valence electrons. The summed E-state index contributed by atoms with van der Waals surface area (Å²) in [6.45, 7) is 4.70. The zero-order valence-corrected chi connectivity index (χ0v) is 50.7. The number of rotatable bonds is 57. The third kappa shape index (κ3) is 59.2. The van der Waals surface area contributed by atoms with Gasteiger partial charge >= 0.3 is 7.82 Å². The van der Waals surface area contributed by atoms with Crippen molar-refractivity contribution < 1.29 is 32.9 Å². The van der Waals surface area contributed by atoms with Crippen molar-refractivity contribution in [1.29, 1.82) is 0 Å². The van der Waals surface area contributed by atoms with Crippen molar-refractivity contribution in [3.8, 4) is 0 Å². The summed E-state index contributed by atoms with van der Waals surface area (Å²) in [6.07, 6.45) is 79.9. The molecule has 0 aliphatic rings. The Morgan fingerprint density at radius 1 is 0.467 bits per heavy atom. The second kappa shape index (κ2) is 56.4. The first kappa shape index (κ1) is 72.7. The average Bonchev–Trinajstić information content (AvgIpc) is 3.37. The number of phosphoric acid groups is 1. The number of unbranched alkanes of at least 4 members (excludes halogenated alkanes) is 32. The number of aliphatic hydroxyl groups is 1. The van der Waals surface area contributed by atoms with E-state index in [0.717, 1.165) is 70.6 Å². The van der Waals surface area contributed by atoms with Gasteiger partial charge in [-0.05, 0) is 83.5 Å². The van der Waals surface area contributed by atoms with Gasteiger partial charge in [0.05, 0.1) is 39.9 Å². The number of likely N-dealkylation sites (N-methyl/N-ethyl adjacent to an activating group) is 1. The standard InChI is InChI=1S/C66H121N2O6P/c1-6-8-10-12-14-16-18-20-22-24-26-28-30-32-33-34-35-36-38-40-42-44-46-48-50-52-54-56-58-60-66(70)67-64(63-74-75(71,72)73-62-61-68(3,4)5)65(69)59-57-55-53-51-49-47-45-43-41-39-37-31-29-27-25-23-21-19-17-15-13-11-9-7-2/h8,10,14,16,20,22,26,28,41,43,49,51,57,59,64-65,69H,6-7,9,11-13,15,17-19,21,23-25,27,29-40,42,44-48,50,52-56,58,60-63H2,1-5H3,(H-,67,70,71,72)/p+1/b10-8-,16-14-,22-20-,28-26-,43-41+,51-49+,59-57+. The van der Waals surface area contributed by atoms with E-state index in [1.54, 1.807) is 6.08 Å². The van der Waals surface area contributed by atoms with Gasteiger partial charge in [-0.3, -0.25) is 13.8 Å². The van der Waals surface area contributed by atoms with Crippen LogP contribution in [0.25, 0.3) is 0 Å². The van der Waals surface area contributed by atoms with E-state index in [0.29, 0.717) is 17.4 Å². The fourth-order valence-corrected chi connectivity index (χ4v) is 9.69. The summed E-state index contributed by atoms with van der Waals surface area (Å²) >= 11 is 0. The highest BCUT2D eigenvalue weighted by atomic mass is 31.2. The van der Waals surface area contributed by atoms with Crippen LogP contribution in [0, 0.1) is 0 Å². The summed E-state index contributed by atoms with van der Waals surface area (Å²) in [5, 5.41) is 13.9. The van der Waals surface area contributed by atoms with Gasteiger partial charge in [0.15, 0.2) is 0 Å². The van der Waals surface area contributed by atoms with Crippen LogP contribution in [0.1, 0.15) is 277 Å². The molecule has 8 nitrogen and oxygen atoms in total. The summed E-state index contributed by atoms with van der Waals surface area (Å²) in [5.74, 6) is -0.191. The number of carbonyl (C=O) groups is 1. The van der Waals surface area contributed by atoms with E-state index >= 15 is 0 Å². The Balaban J connectivity index is 4.20. The summed E-state index contributed by atoms with van der Waals surface area (Å²) in [5.41, 5.74) is 0. The Hall–Kier alpha value is -2.32. The van der Waals surface area contributed by atoms with Crippen LogP contribution in [0.3, 0.4) is 0 Å². The van der Waals surface area contributed by atoms with Crippen molar-refractivity contribution >= 4 is 13.7 Å². The lowest BCUT2D eigenvalue weighted by atomic mass is 10.0. The Labute approximate surface area is 465 Å². The highest BCUT2D eigenvalue weighted by molar-refractivity contribution is 7.47. The van der Waals surface area contributed by atoms with Gasteiger partial charge < -0.3 is 19.8 Å². The molecule has 1 amide bonds. The minimum atomic E-state index is -4.37. The third-order valence-corrected chi connectivity index (χ3v) is 14.8. The number of phosphoric ester groups is 1. The van der Waals surface area contributed by atoms with Gasteiger partial charge in [-0.15, -0.1) is 0 Å². The lowest BCUT2D eigenvalue weighted by Gasteiger charge is -2.25. The van der Waals surface area contributed by atoms with Crippen LogP contribution in [0.4, 0.5) is 0 Å². The first-order valence-corrected chi connectivity index (χ1v) is 33.0.